The summed E-state index contributed by atoms with van der Waals surface area (Å²) in [5.41, 5.74) is -0.837. The van der Waals surface area contributed by atoms with E-state index in [1.165, 1.54) is 0 Å². The Morgan fingerprint density at radius 3 is 1.85 bits per heavy atom. The molecule has 0 bridgehead atoms. The zero-order valence-electron chi connectivity index (χ0n) is 13.6. The van der Waals surface area contributed by atoms with E-state index < -0.39 is 26.7 Å². The Labute approximate surface area is 124 Å². The maximum atomic E-state index is 12.0. The van der Waals surface area contributed by atoms with Gasteiger partial charge in [0.25, 0.3) is 0 Å². The summed E-state index contributed by atoms with van der Waals surface area (Å²) < 4.78 is 22.9. The summed E-state index contributed by atoms with van der Waals surface area (Å²) in [4.78, 5) is 12.0. The van der Waals surface area contributed by atoms with Gasteiger partial charge in [0.1, 0.15) is 9.52 Å². The van der Waals surface area contributed by atoms with E-state index in [4.69, 9.17) is 18.9 Å². The molecule has 0 fully saturated rings. The highest BCUT2D eigenvalue weighted by atomic mass is 28.2. The van der Waals surface area contributed by atoms with Crippen LogP contribution in [-0.4, -0.2) is 46.5 Å². The molecule has 0 aliphatic rings. The molecule has 0 aliphatic heterocycles. The van der Waals surface area contributed by atoms with Crippen molar-refractivity contribution in [3.63, 3.8) is 0 Å². The van der Waals surface area contributed by atoms with Crippen molar-refractivity contribution in [1.29, 1.82) is 0 Å². The Morgan fingerprint density at radius 2 is 1.55 bits per heavy atom. The van der Waals surface area contributed by atoms with Gasteiger partial charge in [-0.2, -0.15) is 0 Å². The molecule has 0 aliphatic carbocycles. The summed E-state index contributed by atoms with van der Waals surface area (Å²) in [6.07, 6.45) is 0. The van der Waals surface area contributed by atoms with Gasteiger partial charge in [-0.3, -0.25) is 0 Å². The van der Waals surface area contributed by atoms with E-state index in [9.17, 15) is 4.79 Å². The van der Waals surface area contributed by atoms with Gasteiger partial charge in [-0.05, 0) is 34.6 Å². The van der Waals surface area contributed by atoms with Crippen molar-refractivity contribution >= 4 is 15.5 Å². The molecule has 0 spiro atoms. The van der Waals surface area contributed by atoms with Crippen LogP contribution in [0.15, 0.2) is 12.2 Å². The molecule has 5 nitrogen and oxygen atoms in total. The average molecular weight is 304 g/mol. The van der Waals surface area contributed by atoms with Gasteiger partial charge in [0.15, 0.2) is 0 Å². The van der Waals surface area contributed by atoms with Crippen LogP contribution < -0.4 is 0 Å². The Morgan fingerprint density at radius 1 is 1.10 bits per heavy atom. The fraction of sp³-hybridized carbons (Fsp3) is 0.786. The van der Waals surface area contributed by atoms with Crippen molar-refractivity contribution in [1.82, 2.24) is 0 Å². The first-order valence-electron chi connectivity index (χ1n) is 7.13. The Hall–Kier alpha value is -0.693. The molecule has 0 aromatic heterocycles. The number of esters is 1. The average Bonchev–Trinajstić information content (AvgIpc) is 2.38. The molecule has 6 heteroatoms. The topological polar surface area (TPSA) is 54.0 Å². The molecule has 0 rings (SSSR count). The van der Waals surface area contributed by atoms with Gasteiger partial charge in [0.2, 0.25) is 11.2 Å². The lowest BCUT2D eigenvalue weighted by Gasteiger charge is -2.45. The lowest BCUT2D eigenvalue weighted by Crippen LogP contribution is -2.63. The molecule has 1 atom stereocenters. The van der Waals surface area contributed by atoms with Crippen molar-refractivity contribution < 1.29 is 23.7 Å². The van der Waals surface area contributed by atoms with Gasteiger partial charge < -0.3 is 18.9 Å². The third-order valence-electron chi connectivity index (χ3n) is 2.98. The molecule has 0 saturated carbocycles. The third kappa shape index (κ3) is 4.41. The monoisotopic (exact) mass is 304 g/mol. The summed E-state index contributed by atoms with van der Waals surface area (Å²) in [6.45, 7) is 15.8. The zero-order chi connectivity index (χ0) is 15.8. The number of carbonyl (C=O) groups excluding carboxylic acids is 1. The van der Waals surface area contributed by atoms with E-state index in [0.29, 0.717) is 25.4 Å². The number of hydrogen-bond donors (Lipinski definition) is 0. The quantitative estimate of drug-likeness (QED) is 0.267. The van der Waals surface area contributed by atoms with E-state index in [-0.39, 0.29) is 0 Å². The zero-order valence-corrected chi connectivity index (χ0v) is 15.0. The van der Waals surface area contributed by atoms with E-state index in [1.54, 1.807) is 13.8 Å². The molecule has 0 N–H and O–H groups in total. The minimum atomic E-state index is -1.16. The van der Waals surface area contributed by atoms with Gasteiger partial charge in [0, 0.05) is 25.4 Å². The van der Waals surface area contributed by atoms with Gasteiger partial charge in [-0.1, -0.05) is 13.1 Å². The number of carbonyl (C=O) groups is 1. The number of hydrogen-bond acceptors (Lipinski definition) is 5. The lowest BCUT2D eigenvalue weighted by atomic mass is 10.2. The molecular formula is C14H28O5Si. The van der Waals surface area contributed by atoms with E-state index in [0.717, 1.165) is 0 Å². The van der Waals surface area contributed by atoms with Crippen molar-refractivity contribution in [3.8, 4) is 0 Å². The molecule has 0 amide bonds. The van der Waals surface area contributed by atoms with Crippen LogP contribution >= 0.6 is 0 Å². The molecule has 0 aromatic carbocycles. The third-order valence-corrected chi connectivity index (χ3v) is 4.90. The highest BCUT2D eigenvalue weighted by Crippen LogP contribution is 2.33. The molecule has 20 heavy (non-hydrogen) atoms. The molecule has 0 aromatic rings. The standard InChI is InChI=1S/C14H28O5Si/c1-8-16-13(6,17-9-2)14(20-7,18-10-3)19-12(15)11(4)5/h4,8-10,20H2,1-3,5-7H3. The van der Waals surface area contributed by atoms with E-state index >= 15 is 0 Å². The smallest absolute Gasteiger partial charge is 0.335 e. The fourth-order valence-corrected chi connectivity index (χ4v) is 3.56. The van der Waals surface area contributed by atoms with Gasteiger partial charge in [-0.15, -0.1) is 0 Å². The normalized spacial score (nSPS) is 15.3. The first kappa shape index (κ1) is 19.3. The van der Waals surface area contributed by atoms with E-state index in [1.807, 2.05) is 27.3 Å². The summed E-state index contributed by atoms with van der Waals surface area (Å²) in [7, 11) is -0.966. The molecular weight excluding hydrogens is 276 g/mol. The molecule has 118 valence electrons. The highest BCUT2D eigenvalue weighted by molar-refractivity contribution is 6.38. The van der Waals surface area contributed by atoms with E-state index in [2.05, 4.69) is 6.58 Å². The van der Waals surface area contributed by atoms with Crippen molar-refractivity contribution in [2.24, 2.45) is 0 Å². The molecule has 1 unspecified atom stereocenters. The van der Waals surface area contributed by atoms with Crippen LogP contribution in [0.25, 0.3) is 0 Å². The molecule has 0 saturated heterocycles. The molecule has 0 radical (unpaired) electrons. The SMILES string of the molecule is C=C(C)C(=O)OC(OCC)([SiH2]C)C(C)(OCC)OCC. The van der Waals surface area contributed by atoms with Gasteiger partial charge in [0.05, 0.1) is 0 Å². The van der Waals surface area contributed by atoms with Crippen LogP contribution in [0.4, 0.5) is 0 Å². The highest BCUT2D eigenvalue weighted by Gasteiger charge is 2.53. The van der Waals surface area contributed by atoms with Gasteiger partial charge in [-0.25, -0.2) is 4.79 Å². The minimum Gasteiger partial charge on any atom is -0.429 e. The van der Waals surface area contributed by atoms with Crippen molar-refractivity contribution in [3.05, 3.63) is 12.2 Å². The second-order valence-corrected chi connectivity index (χ2v) is 6.16. The summed E-state index contributed by atoms with van der Waals surface area (Å²) in [6, 6.07) is 0. The summed E-state index contributed by atoms with van der Waals surface area (Å²) in [5, 5.41) is 0. The number of ether oxygens (including phenoxy) is 4. The number of rotatable bonds is 10. The predicted molar refractivity (Wildman–Crippen MR) is 81.3 cm³/mol. The van der Waals surface area contributed by atoms with Crippen LogP contribution in [0, 0.1) is 0 Å². The predicted octanol–water partition coefficient (Wildman–Crippen LogP) is 1.80. The largest absolute Gasteiger partial charge is 0.429 e. The Kier molecular flexibility index (Phi) is 8.27. The fourth-order valence-electron chi connectivity index (χ4n) is 2.03. The van der Waals surface area contributed by atoms with Gasteiger partial charge >= 0.3 is 5.97 Å². The van der Waals surface area contributed by atoms with Crippen LogP contribution in [0.3, 0.4) is 0 Å². The Balaban J connectivity index is 5.55. The Bertz CT molecular complexity index is 326. The molecule has 0 heterocycles. The second kappa shape index (κ2) is 8.56. The van der Waals surface area contributed by atoms with Crippen LogP contribution in [0.5, 0.6) is 0 Å². The lowest BCUT2D eigenvalue weighted by molar-refractivity contribution is -0.355. The maximum absolute atomic E-state index is 12.0. The van der Waals surface area contributed by atoms with Crippen molar-refractivity contribution in [2.75, 3.05) is 19.8 Å². The van der Waals surface area contributed by atoms with Crippen LogP contribution in [0.1, 0.15) is 34.6 Å². The summed E-state index contributed by atoms with van der Waals surface area (Å²) in [5.74, 6) is -1.60. The van der Waals surface area contributed by atoms with Crippen molar-refractivity contribution in [2.45, 2.75) is 52.4 Å². The van der Waals surface area contributed by atoms with Crippen LogP contribution in [-0.2, 0) is 23.7 Å². The summed E-state index contributed by atoms with van der Waals surface area (Å²) >= 11 is 0. The maximum Gasteiger partial charge on any atom is 0.335 e. The minimum absolute atomic E-state index is 0.326. The first-order chi connectivity index (χ1) is 9.32. The second-order valence-electron chi connectivity index (χ2n) is 4.52. The first-order valence-corrected chi connectivity index (χ1v) is 9.25. The van der Waals surface area contributed by atoms with Crippen LogP contribution in [0.2, 0.25) is 6.55 Å².